The van der Waals surface area contributed by atoms with Crippen molar-refractivity contribution in [2.24, 2.45) is 23.7 Å². The average molecular weight is 1520 g/mol. The summed E-state index contributed by atoms with van der Waals surface area (Å²) in [5, 5.41) is 70.3. The zero-order valence-corrected chi connectivity index (χ0v) is 59.7. The molecule has 2 amide bonds. The highest BCUT2D eigenvalue weighted by Gasteiger charge is 2.33. The lowest BCUT2D eigenvalue weighted by Crippen LogP contribution is -2.41. The molecule has 6 aromatic carbocycles. The first-order valence-electron chi connectivity index (χ1n) is 31.8. The van der Waals surface area contributed by atoms with E-state index < -0.39 is 17.9 Å². The van der Waals surface area contributed by atoms with Crippen LogP contribution in [0.4, 0.5) is 4.39 Å². The number of nitriles is 2. The van der Waals surface area contributed by atoms with Gasteiger partial charge in [-0.05, 0) is 219 Å². The number of hydrogen-bond donors (Lipinski definition) is 3. The molecule has 0 unspecified atom stereocenters. The Morgan fingerprint density at radius 3 is 1.56 bits per heavy atom. The predicted molar refractivity (Wildman–Crippen MR) is 373 cm³/mol. The standard InChI is InChI=1S/C26H30BrN5O2.C26H31N5O2.C9H6BrN5.C8H5BrFN.CH2N4/c1-17-12-23(27)15-21(25(17)32-16-28-30-31-32)10-11-24(33)18(2)29-26(34)22-9-8-20(14-22)13-19-6-4-3-5-7-19;1-18-7-6-10-22(25(18)31-28-17-27-30-31)13-14-24(32)19(2)29-26(33)23-12-11-21(16-23)15-20-8-4-3-5-9-20;1-6-2-8(10)3-7(4-11)9(6)15-13-5-12-14-15;1-5-2-7(9)3-6(4-11)8(5)10;1-2-4-5-3-1/h3-7,12,15-16,18,20,22H,8-11,13-14H2,1-2H3,(H,29,34);3-10,17,19,21,23H,11-16H2,1-2H3,(H,29,33);2-3,5H,1H3;2-3H,1H3;1H,(H,2,3,4,5)/t18-,20-,22+;19-,21-,23+;;;/m00.../s1. The Morgan fingerprint density at radius 2 is 1.08 bits per heavy atom. The van der Waals surface area contributed by atoms with E-state index in [2.05, 4.69) is 180 Å². The minimum absolute atomic E-state index is 0.00379. The van der Waals surface area contributed by atoms with Crippen LogP contribution in [0.5, 0.6) is 0 Å². The average Bonchev–Trinajstić information content (AvgIpc) is 0.920. The molecule has 98 heavy (non-hydrogen) atoms. The van der Waals surface area contributed by atoms with Crippen LogP contribution in [0.25, 0.3) is 17.1 Å². The van der Waals surface area contributed by atoms with Crippen LogP contribution in [0.2, 0.25) is 0 Å². The molecule has 28 heteroatoms. The van der Waals surface area contributed by atoms with Gasteiger partial charge in [0.05, 0.1) is 34.6 Å². The summed E-state index contributed by atoms with van der Waals surface area (Å²) in [5.74, 6) is 0.662. The molecule has 10 aromatic rings. The van der Waals surface area contributed by atoms with Crippen LogP contribution in [0, 0.1) is 79.8 Å². The number of aromatic nitrogens is 16. The van der Waals surface area contributed by atoms with Gasteiger partial charge in [-0.25, -0.2) is 9.07 Å². The van der Waals surface area contributed by atoms with Crippen molar-refractivity contribution >= 4 is 71.2 Å². The Balaban J connectivity index is 0.000000176. The number of Topliss-reactive ketones (excluding diaryl/α,β-unsaturated/α-hetero) is 2. The number of carbonyl (C=O) groups is 4. The Kier molecular flexibility index (Phi) is 28.0. The molecule has 12 rings (SSSR count). The fraction of sp³-hybridized carbons (Fsp3) is 0.343. The normalized spacial score (nSPS) is 15.7. The number of halogens is 4. The van der Waals surface area contributed by atoms with E-state index in [9.17, 15) is 23.6 Å². The first kappa shape index (κ1) is 74.0. The summed E-state index contributed by atoms with van der Waals surface area (Å²) >= 11 is 10.0. The molecule has 2 aliphatic rings. The van der Waals surface area contributed by atoms with Gasteiger partial charge in [0.15, 0.2) is 30.5 Å². The van der Waals surface area contributed by atoms with Gasteiger partial charge in [-0.1, -0.05) is 132 Å². The zero-order valence-electron chi connectivity index (χ0n) is 55.0. The van der Waals surface area contributed by atoms with E-state index in [-0.39, 0.29) is 40.8 Å². The molecule has 24 nitrogen and oxygen atoms in total. The van der Waals surface area contributed by atoms with Crippen LogP contribution in [-0.4, -0.2) is 117 Å². The molecule has 0 spiro atoms. The Bertz CT molecular complexity index is 4290. The summed E-state index contributed by atoms with van der Waals surface area (Å²) in [7, 11) is 0. The molecule has 0 bridgehead atoms. The lowest BCUT2D eigenvalue weighted by Gasteiger charge is -2.17. The number of hydrogen-bond acceptors (Lipinski definition) is 18. The van der Waals surface area contributed by atoms with Gasteiger partial charge < -0.3 is 10.6 Å². The van der Waals surface area contributed by atoms with Crippen LogP contribution >= 0.6 is 47.8 Å². The Labute approximate surface area is 592 Å². The van der Waals surface area contributed by atoms with Gasteiger partial charge >= 0.3 is 0 Å². The van der Waals surface area contributed by atoms with Gasteiger partial charge in [0.25, 0.3) is 0 Å². The SMILES string of the molecule is Cc1cc(Br)cc(C#N)c1-n1ncnn1.Cc1cc(Br)cc(C#N)c1F.Cc1cc(Br)cc(CCC(=O)[C@H](C)NC(=O)[C@@H]2CC[C@@H](Cc3ccccc3)C2)c1-n1cnnn1.Cc1cccc(CCC(=O)[C@H](C)NC(=O)[C@@H]2CC[C@@H](Cc3ccccc3)C2)c1-n1ncnn1.c1nn[nH]n1. The van der Waals surface area contributed by atoms with Crippen molar-refractivity contribution < 1.29 is 23.6 Å². The van der Waals surface area contributed by atoms with Crippen LogP contribution in [-0.2, 0) is 44.9 Å². The second-order valence-electron chi connectivity index (χ2n) is 24.0. The third-order valence-electron chi connectivity index (χ3n) is 16.9. The summed E-state index contributed by atoms with van der Waals surface area (Å²) < 4.78 is 17.1. The van der Waals surface area contributed by atoms with Crippen molar-refractivity contribution in [2.75, 3.05) is 0 Å². The summed E-state index contributed by atoms with van der Waals surface area (Å²) in [6.07, 6.45) is 15.1. The van der Waals surface area contributed by atoms with E-state index in [1.165, 1.54) is 45.8 Å². The quantitative estimate of drug-likeness (QED) is 0.0677. The van der Waals surface area contributed by atoms with Gasteiger partial charge in [-0.15, -0.1) is 45.3 Å². The van der Waals surface area contributed by atoms with Gasteiger partial charge in [-0.2, -0.15) is 15.7 Å². The predicted octanol–water partition coefficient (Wildman–Crippen LogP) is 11.6. The summed E-state index contributed by atoms with van der Waals surface area (Å²) in [6.45, 7) is 11.1. The number of ketones is 2. The van der Waals surface area contributed by atoms with Crippen LogP contribution in [0.15, 0.2) is 154 Å². The number of aromatic amines is 1. The largest absolute Gasteiger partial charge is 0.346 e. The monoisotopic (exact) mass is 1510 g/mol. The third kappa shape index (κ3) is 21.6. The maximum atomic E-state index is 12.9. The number of benzene rings is 6. The highest BCUT2D eigenvalue weighted by Crippen LogP contribution is 2.35. The molecule has 4 aromatic heterocycles. The fourth-order valence-corrected chi connectivity index (χ4v) is 13.8. The number of nitrogens with one attached hydrogen (secondary N) is 3. The molecule has 2 saturated carbocycles. The molecule has 506 valence electrons. The van der Waals surface area contributed by atoms with E-state index in [0.717, 1.165) is 104 Å². The minimum Gasteiger partial charge on any atom is -0.346 e. The van der Waals surface area contributed by atoms with Crippen molar-refractivity contribution in [3.05, 3.63) is 215 Å². The van der Waals surface area contributed by atoms with E-state index in [4.69, 9.17) is 10.5 Å². The molecular formula is C70H74Br3FN20O4. The number of para-hydroxylation sites is 1. The Morgan fingerprint density at radius 1 is 0.571 bits per heavy atom. The van der Waals surface area contributed by atoms with E-state index in [1.807, 2.05) is 69.3 Å². The van der Waals surface area contributed by atoms with Crippen LogP contribution in [0.1, 0.15) is 121 Å². The van der Waals surface area contributed by atoms with Crippen molar-refractivity contribution in [3.8, 4) is 29.2 Å². The van der Waals surface area contributed by atoms with Crippen molar-refractivity contribution in [2.45, 2.75) is 131 Å². The topological polar surface area (TPSA) is 325 Å². The van der Waals surface area contributed by atoms with E-state index in [1.54, 1.807) is 50.0 Å². The molecule has 2 aliphatic carbocycles. The number of tetrazole rings is 4. The maximum Gasteiger partial charge on any atom is 0.223 e. The smallest absolute Gasteiger partial charge is 0.223 e. The van der Waals surface area contributed by atoms with E-state index in [0.29, 0.717) is 54.3 Å². The minimum atomic E-state index is -0.509. The van der Waals surface area contributed by atoms with Crippen molar-refractivity contribution in [1.29, 1.82) is 10.5 Å². The zero-order chi connectivity index (χ0) is 70.1. The number of amides is 2. The number of nitrogens with zero attached hydrogens (tertiary/aromatic N) is 17. The summed E-state index contributed by atoms with van der Waals surface area (Å²) in [5.41, 5.74) is 11.0. The Hall–Kier alpha value is -9.77. The number of carbonyl (C=O) groups excluding carboxylic acids is 4. The molecule has 3 N–H and O–H groups in total. The first-order valence-corrected chi connectivity index (χ1v) is 34.2. The number of H-pyrrole nitrogens is 1. The number of rotatable bonds is 19. The lowest BCUT2D eigenvalue weighted by molar-refractivity contribution is -0.129. The van der Waals surface area contributed by atoms with Gasteiger partial charge in [0.2, 0.25) is 11.8 Å². The van der Waals surface area contributed by atoms with Crippen molar-refractivity contribution in [1.82, 2.24) is 91.9 Å². The summed E-state index contributed by atoms with van der Waals surface area (Å²) in [4.78, 5) is 54.1. The highest BCUT2D eigenvalue weighted by molar-refractivity contribution is 9.11. The first-order chi connectivity index (χ1) is 47.3. The van der Waals surface area contributed by atoms with Crippen molar-refractivity contribution in [3.63, 3.8) is 0 Å². The fourth-order valence-electron chi connectivity index (χ4n) is 12.0. The van der Waals surface area contributed by atoms with E-state index >= 15 is 0 Å². The summed E-state index contributed by atoms with van der Waals surface area (Å²) in [6, 6.07) is 40.4. The molecule has 6 atom stereocenters. The second kappa shape index (κ2) is 37.1. The molecule has 4 heterocycles. The molecule has 0 radical (unpaired) electrons. The molecule has 0 aliphatic heterocycles. The van der Waals surface area contributed by atoms with Gasteiger partial charge in [0.1, 0.15) is 30.0 Å². The van der Waals surface area contributed by atoms with Gasteiger partial charge in [-0.3, -0.25) is 19.2 Å². The molecular weight excluding hydrogens is 1440 g/mol. The van der Waals surface area contributed by atoms with Crippen LogP contribution < -0.4 is 10.6 Å². The maximum absolute atomic E-state index is 12.9. The molecule has 0 saturated heterocycles. The highest BCUT2D eigenvalue weighted by atomic mass is 79.9. The van der Waals surface area contributed by atoms with Crippen LogP contribution in [0.3, 0.4) is 0 Å². The lowest BCUT2D eigenvalue weighted by atomic mass is 9.96. The van der Waals surface area contributed by atoms with Gasteiger partial charge in [0, 0.05) is 38.1 Å². The molecule has 2 fully saturated rings. The second-order valence-corrected chi connectivity index (χ2v) is 26.8. The number of aryl methyl sites for hydroxylation is 6. The third-order valence-corrected chi connectivity index (χ3v) is 18.2.